The molecule has 1 amide bonds. The molecule has 2 aromatic heterocycles. The van der Waals surface area contributed by atoms with Gasteiger partial charge in [0, 0.05) is 17.0 Å². The monoisotopic (exact) mass is 437 g/mol. The number of aromatic nitrogens is 4. The number of nitrogens with one attached hydrogen (secondary N) is 1. The van der Waals surface area contributed by atoms with E-state index in [0.29, 0.717) is 11.3 Å². The van der Waals surface area contributed by atoms with Crippen molar-refractivity contribution in [3.8, 4) is 5.69 Å². The summed E-state index contributed by atoms with van der Waals surface area (Å²) < 4.78 is 1.82. The van der Waals surface area contributed by atoms with Gasteiger partial charge in [0.2, 0.25) is 0 Å². The molecule has 0 aliphatic rings. The van der Waals surface area contributed by atoms with Gasteiger partial charge in [0.05, 0.1) is 17.3 Å². The molecule has 7 heteroatoms. The van der Waals surface area contributed by atoms with Crippen LogP contribution in [-0.4, -0.2) is 25.7 Å². The SMILES string of the molecule is O=C(Nc1ccccc1)c1cccc(CSc2ncnc3c2cnn3-c2ccccc2)c1. The van der Waals surface area contributed by atoms with Gasteiger partial charge in [-0.1, -0.05) is 48.5 Å². The molecule has 0 bridgehead atoms. The summed E-state index contributed by atoms with van der Waals surface area (Å²) in [6, 6.07) is 27.0. The molecular weight excluding hydrogens is 418 g/mol. The zero-order valence-corrected chi connectivity index (χ0v) is 17.9. The van der Waals surface area contributed by atoms with Crippen LogP contribution in [0.3, 0.4) is 0 Å². The molecule has 0 saturated carbocycles. The Morgan fingerprint density at radius 2 is 1.69 bits per heavy atom. The number of anilines is 1. The smallest absolute Gasteiger partial charge is 0.255 e. The molecule has 0 spiro atoms. The van der Waals surface area contributed by atoms with E-state index in [-0.39, 0.29) is 5.91 Å². The van der Waals surface area contributed by atoms with Crippen LogP contribution >= 0.6 is 11.8 Å². The van der Waals surface area contributed by atoms with Crippen LogP contribution in [0.25, 0.3) is 16.7 Å². The Morgan fingerprint density at radius 1 is 0.906 bits per heavy atom. The van der Waals surface area contributed by atoms with Crippen LogP contribution < -0.4 is 5.32 Å². The van der Waals surface area contributed by atoms with Gasteiger partial charge in [-0.2, -0.15) is 5.10 Å². The van der Waals surface area contributed by atoms with E-state index in [2.05, 4.69) is 20.4 Å². The second kappa shape index (κ2) is 9.03. The third-order valence-electron chi connectivity index (χ3n) is 4.93. The number of benzene rings is 3. The number of hydrogen-bond acceptors (Lipinski definition) is 5. The zero-order chi connectivity index (χ0) is 21.8. The highest BCUT2D eigenvalue weighted by Crippen LogP contribution is 2.28. The fourth-order valence-corrected chi connectivity index (χ4v) is 4.28. The van der Waals surface area contributed by atoms with E-state index in [0.717, 1.165) is 33.0 Å². The highest BCUT2D eigenvalue weighted by molar-refractivity contribution is 7.98. The summed E-state index contributed by atoms with van der Waals surface area (Å²) in [7, 11) is 0. The second-order valence-corrected chi connectivity index (χ2v) is 8.08. The molecule has 156 valence electrons. The summed E-state index contributed by atoms with van der Waals surface area (Å²) in [6.45, 7) is 0. The Morgan fingerprint density at radius 3 is 2.50 bits per heavy atom. The molecule has 0 aliphatic heterocycles. The zero-order valence-electron chi connectivity index (χ0n) is 17.1. The summed E-state index contributed by atoms with van der Waals surface area (Å²) in [6.07, 6.45) is 3.36. The largest absolute Gasteiger partial charge is 0.322 e. The highest BCUT2D eigenvalue weighted by Gasteiger charge is 2.12. The minimum atomic E-state index is -0.128. The third-order valence-corrected chi connectivity index (χ3v) is 6.00. The number of thioether (sulfide) groups is 1. The molecule has 0 radical (unpaired) electrons. The van der Waals surface area contributed by atoms with Gasteiger partial charge >= 0.3 is 0 Å². The summed E-state index contributed by atoms with van der Waals surface area (Å²) in [4.78, 5) is 21.5. The maximum absolute atomic E-state index is 12.6. The number of carbonyl (C=O) groups excluding carboxylic acids is 1. The average molecular weight is 438 g/mol. The first-order valence-corrected chi connectivity index (χ1v) is 11.1. The van der Waals surface area contributed by atoms with Crippen molar-refractivity contribution in [1.82, 2.24) is 19.7 Å². The maximum Gasteiger partial charge on any atom is 0.255 e. The summed E-state index contributed by atoms with van der Waals surface area (Å²) in [5.41, 5.74) is 4.16. The Kier molecular flexibility index (Phi) is 5.63. The first-order chi connectivity index (χ1) is 15.8. The van der Waals surface area contributed by atoms with Crippen LogP contribution in [0.2, 0.25) is 0 Å². The number of para-hydroxylation sites is 2. The number of nitrogens with zero attached hydrogens (tertiary/aromatic N) is 4. The van der Waals surface area contributed by atoms with Crippen molar-refractivity contribution in [1.29, 1.82) is 0 Å². The van der Waals surface area contributed by atoms with Crippen molar-refractivity contribution in [3.63, 3.8) is 0 Å². The minimum absolute atomic E-state index is 0.128. The van der Waals surface area contributed by atoms with Crippen molar-refractivity contribution < 1.29 is 4.79 Å². The quantitative estimate of drug-likeness (QED) is 0.286. The number of rotatable bonds is 6. The van der Waals surface area contributed by atoms with Crippen LogP contribution in [0.15, 0.2) is 102 Å². The van der Waals surface area contributed by atoms with Crippen LogP contribution in [0, 0.1) is 0 Å². The molecule has 0 aliphatic carbocycles. The lowest BCUT2D eigenvalue weighted by molar-refractivity contribution is 0.102. The first kappa shape index (κ1) is 20.0. The Bertz CT molecular complexity index is 1370. The van der Waals surface area contributed by atoms with Gasteiger partial charge < -0.3 is 5.32 Å². The van der Waals surface area contributed by atoms with Crippen LogP contribution in [0.1, 0.15) is 15.9 Å². The lowest BCUT2D eigenvalue weighted by Crippen LogP contribution is -2.11. The van der Waals surface area contributed by atoms with E-state index in [1.807, 2.05) is 89.6 Å². The predicted octanol–water partition coefficient (Wildman–Crippen LogP) is 5.36. The van der Waals surface area contributed by atoms with E-state index in [1.165, 1.54) is 0 Å². The van der Waals surface area contributed by atoms with Crippen molar-refractivity contribution >= 4 is 34.4 Å². The fraction of sp³-hybridized carbons (Fsp3) is 0.0400. The normalized spacial score (nSPS) is 10.9. The fourth-order valence-electron chi connectivity index (χ4n) is 3.37. The number of fused-ring (bicyclic) bond motifs is 1. The molecule has 5 aromatic rings. The third kappa shape index (κ3) is 4.24. The molecule has 5 rings (SSSR count). The summed E-state index contributed by atoms with van der Waals surface area (Å²) in [5.74, 6) is 0.548. The Labute approximate surface area is 189 Å². The molecule has 1 N–H and O–H groups in total. The van der Waals surface area contributed by atoms with E-state index in [1.54, 1.807) is 24.3 Å². The first-order valence-electron chi connectivity index (χ1n) is 10.1. The van der Waals surface area contributed by atoms with E-state index < -0.39 is 0 Å². The highest BCUT2D eigenvalue weighted by atomic mass is 32.2. The lowest BCUT2D eigenvalue weighted by Gasteiger charge is -2.07. The molecular formula is C25H19N5OS. The van der Waals surface area contributed by atoms with Gasteiger partial charge in [0.25, 0.3) is 5.91 Å². The van der Waals surface area contributed by atoms with Gasteiger partial charge in [-0.25, -0.2) is 14.6 Å². The molecule has 32 heavy (non-hydrogen) atoms. The van der Waals surface area contributed by atoms with Crippen LogP contribution in [0.5, 0.6) is 0 Å². The standard InChI is InChI=1S/C25H19N5OS/c31-24(29-20-10-3-1-4-11-20)19-9-7-8-18(14-19)16-32-25-22-15-28-30(23(22)26-17-27-25)21-12-5-2-6-13-21/h1-15,17H,16H2,(H,29,31). The Balaban J connectivity index is 1.33. The van der Waals surface area contributed by atoms with Gasteiger partial charge in [-0.3, -0.25) is 4.79 Å². The Hall–Kier alpha value is -3.97. The number of amides is 1. The summed E-state index contributed by atoms with van der Waals surface area (Å²) in [5, 5.41) is 9.19. The van der Waals surface area contributed by atoms with Crippen LogP contribution in [-0.2, 0) is 5.75 Å². The summed E-state index contributed by atoms with van der Waals surface area (Å²) >= 11 is 1.60. The van der Waals surface area contributed by atoms with E-state index in [9.17, 15) is 4.79 Å². The number of carbonyl (C=O) groups is 1. The molecule has 3 aromatic carbocycles. The molecule has 0 saturated heterocycles. The lowest BCUT2D eigenvalue weighted by atomic mass is 10.1. The molecule has 0 unspecified atom stereocenters. The predicted molar refractivity (Wildman–Crippen MR) is 127 cm³/mol. The molecule has 6 nitrogen and oxygen atoms in total. The van der Waals surface area contributed by atoms with E-state index >= 15 is 0 Å². The van der Waals surface area contributed by atoms with E-state index in [4.69, 9.17) is 0 Å². The van der Waals surface area contributed by atoms with Gasteiger partial charge in [0.15, 0.2) is 5.65 Å². The number of hydrogen-bond donors (Lipinski definition) is 1. The van der Waals surface area contributed by atoms with Crippen molar-refractivity contribution in [2.45, 2.75) is 10.8 Å². The topological polar surface area (TPSA) is 72.7 Å². The second-order valence-electron chi connectivity index (χ2n) is 7.12. The molecule has 0 atom stereocenters. The molecule has 0 fully saturated rings. The van der Waals surface area contributed by atoms with Crippen molar-refractivity contribution in [2.75, 3.05) is 5.32 Å². The van der Waals surface area contributed by atoms with Crippen molar-refractivity contribution in [3.05, 3.63) is 109 Å². The minimum Gasteiger partial charge on any atom is -0.322 e. The van der Waals surface area contributed by atoms with Gasteiger partial charge in [-0.15, -0.1) is 11.8 Å². The average Bonchev–Trinajstić information content (AvgIpc) is 3.29. The van der Waals surface area contributed by atoms with Gasteiger partial charge in [0.1, 0.15) is 11.4 Å². The molecule has 2 heterocycles. The van der Waals surface area contributed by atoms with Gasteiger partial charge in [-0.05, 0) is 42.0 Å². The maximum atomic E-state index is 12.6. The van der Waals surface area contributed by atoms with Crippen LogP contribution in [0.4, 0.5) is 5.69 Å². The van der Waals surface area contributed by atoms with Crippen molar-refractivity contribution in [2.24, 2.45) is 0 Å².